The summed E-state index contributed by atoms with van der Waals surface area (Å²) >= 11 is 0. The lowest BCUT2D eigenvalue weighted by Crippen LogP contribution is -1.93. The summed E-state index contributed by atoms with van der Waals surface area (Å²) in [5.74, 6) is 0.736. The zero-order chi connectivity index (χ0) is 10.4. The van der Waals surface area contributed by atoms with E-state index in [0.29, 0.717) is 0 Å². The van der Waals surface area contributed by atoms with E-state index in [2.05, 4.69) is 57.2 Å². The number of rotatable bonds is 4. The van der Waals surface area contributed by atoms with E-state index in [-0.39, 0.29) is 0 Å². The summed E-state index contributed by atoms with van der Waals surface area (Å²) in [5, 5.41) is 0. The van der Waals surface area contributed by atoms with Crippen molar-refractivity contribution in [1.29, 1.82) is 0 Å². The van der Waals surface area contributed by atoms with Crippen molar-refractivity contribution in [3.05, 3.63) is 41.5 Å². The molecule has 0 N–H and O–H groups in total. The van der Waals surface area contributed by atoms with Crippen molar-refractivity contribution in [2.75, 3.05) is 0 Å². The predicted molar refractivity (Wildman–Crippen MR) is 64.3 cm³/mol. The topological polar surface area (TPSA) is 0 Å². The molecule has 0 atom stereocenters. The molecule has 0 aliphatic rings. The molecule has 0 aliphatic heterocycles. The van der Waals surface area contributed by atoms with Crippen LogP contribution in [0, 0.1) is 5.92 Å². The minimum Gasteiger partial charge on any atom is -0.0842 e. The van der Waals surface area contributed by atoms with E-state index < -0.39 is 0 Å². The summed E-state index contributed by atoms with van der Waals surface area (Å²) in [4.78, 5) is 0. The van der Waals surface area contributed by atoms with Crippen LogP contribution in [0.5, 0.6) is 0 Å². The number of hydrogen-bond donors (Lipinski definition) is 0. The molecular formula is C14H20. The fraction of sp³-hybridized carbons (Fsp3) is 0.429. The van der Waals surface area contributed by atoms with Crippen molar-refractivity contribution in [2.45, 2.75) is 33.6 Å². The molecular weight excluding hydrogens is 168 g/mol. The smallest absolute Gasteiger partial charge is 0.0255 e. The second kappa shape index (κ2) is 5.64. The maximum Gasteiger partial charge on any atom is -0.0255 e. The first kappa shape index (κ1) is 11.0. The molecule has 0 heterocycles. The lowest BCUT2D eigenvalue weighted by atomic mass is 10.0. The van der Waals surface area contributed by atoms with E-state index in [1.165, 1.54) is 17.5 Å². The van der Waals surface area contributed by atoms with Crippen LogP contribution < -0.4 is 0 Å². The zero-order valence-corrected chi connectivity index (χ0v) is 9.46. The van der Waals surface area contributed by atoms with Gasteiger partial charge in [0.25, 0.3) is 0 Å². The van der Waals surface area contributed by atoms with Crippen molar-refractivity contribution in [3.63, 3.8) is 0 Å². The van der Waals surface area contributed by atoms with Gasteiger partial charge in [-0.3, -0.25) is 0 Å². The van der Waals surface area contributed by atoms with Gasteiger partial charge in [-0.2, -0.15) is 0 Å². The molecule has 0 nitrogen and oxygen atoms in total. The van der Waals surface area contributed by atoms with Crippen LogP contribution in [0.2, 0.25) is 0 Å². The monoisotopic (exact) mass is 188 g/mol. The number of benzene rings is 1. The number of allylic oxidation sites excluding steroid dienone is 1. The van der Waals surface area contributed by atoms with Crippen LogP contribution in [0.25, 0.3) is 6.08 Å². The van der Waals surface area contributed by atoms with Crippen molar-refractivity contribution in [2.24, 2.45) is 5.92 Å². The summed E-state index contributed by atoms with van der Waals surface area (Å²) in [5.41, 5.74) is 2.77. The van der Waals surface area contributed by atoms with Gasteiger partial charge in [0.1, 0.15) is 0 Å². The van der Waals surface area contributed by atoms with Crippen molar-refractivity contribution in [3.8, 4) is 0 Å². The molecule has 1 aromatic carbocycles. The van der Waals surface area contributed by atoms with E-state index in [1.807, 2.05) is 0 Å². The van der Waals surface area contributed by atoms with Gasteiger partial charge in [-0.25, -0.2) is 0 Å². The van der Waals surface area contributed by atoms with Gasteiger partial charge in [-0.1, -0.05) is 57.2 Å². The molecule has 0 amide bonds. The highest BCUT2D eigenvalue weighted by atomic mass is 14.0. The molecule has 0 saturated heterocycles. The Labute approximate surface area is 87.7 Å². The highest BCUT2D eigenvalue weighted by Crippen LogP contribution is 2.11. The molecule has 1 aromatic rings. The summed E-state index contributed by atoms with van der Waals surface area (Å²) in [6, 6.07) is 8.80. The highest BCUT2D eigenvalue weighted by molar-refractivity contribution is 5.50. The Hall–Kier alpha value is -1.04. The molecule has 0 heteroatoms. The molecule has 0 aliphatic carbocycles. The first-order valence-corrected chi connectivity index (χ1v) is 5.48. The Kier molecular flexibility index (Phi) is 4.45. The van der Waals surface area contributed by atoms with Gasteiger partial charge in [0.05, 0.1) is 0 Å². The SMILES string of the molecule is CCC=Cc1cccc(CC(C)C)c1. The van der Waals surface area contributed by atoms with Gasteiger partial charge >= 0.3 is 0 Å². The summed E-state index contributed by atoms with van der Waals surface area (Å²) in [6.07, 6.45) is 6.68. The molecule has 0 fully saturated rings. The summed E-state index contributed by atoms with van der Waals surface area (Å²) in [7, 11) is 0. The quantitative estimate of drug-likeness (QED) is 0.660. The van der Waals surface area contributed by atoms with Crippen molar-refractivity contribution >= 4 is 6.08 Å². The lowest BCUT2D eigenvalue weighted by molar-refractivity contribution is 0.647. The lowest BCUT2D eigenvalue weighted by Gasteiger charge is -2.05. The van der Waals surface area contributed by atoms with Crippen LogP contribution in [0.1, 0.15) is 38.3 Å². The normalized spacial score (nSPS) is 11.4. The van der Waals surface area contributed by atoms with Crippen LogP contribution in [0.15, 0.2) is 30.3 Å². The van der Waals surface area contributed by atoms with E-state index in [9.17, 15) is 0 Å². The third kappa shape index (κ3) is 3.78. The Bertz CT molecular complexity index is 295. The molecule has 14 heavy (non-hydrogen) atoms. The molecule has 0 radical (unpaired) electrons. The average molecular weight is 188 g/mol. The number of hydrogen-bond acceptors (Lipinski definition) is 0. The van der Waals surface area contributed by atoms with Crippen LogP contribution in [-0.4, -0.2) is 0 Å². The average Bonchev–Trinajstić information content (AvgIpc) is 2.14. The van der Waals surface area contributed by atoms with E-state index in [0.717, 1.165) is 12.3 Å². The van der Waals surface area contributed by atoms with Crippen molar-refractivity contribution in [1.82, 2.24) is 0 Å². The fourth-order valence-electron chi connectivity index (χ4n) is 1.55. The molecule has 0 spiro atoms. The predicted octanol–water partition coefficient (Wildman–Crippen LogP) is 4.31. The van der Waals surface area contributed by atoms with Gasteiger partial charge in [0.15, 0.2) is 0 Å². The summed E-state index contributed by atoms with van der Waals surface area (Å²) < 4.78 is 0. The molecule has 1 rings (SSSR count). The van der Waals surface area contributed by atoms with Crippen LogP contribution in [-0.2, 0) is 6.42 Å². The Balaban J connectivity index is 2.73. The Morgan fingerprint density at radius 1 is 1.29 bits per heavy atom. The van der Waals surface area contributed by atoms with E-state index in [1.54, 1.807) is 0 Å². The van der Waals surface area contributed by atoms with Gasteiger partial charge in [0, 0.05) is 0 Å². The van der Waals surface area contributed by atoms with Gasteiger partial charge in [-0.05, 0) is 29.9 Å². The minimum atomic E-state index is 0.736. The molecule has 0 aromatic heterocycles. The summed E-state index contributed by atoms with van der Waals surface area (Å²) in [6.45, 7) is 6.68. The fourth-order valence-corrected chi connectivity index (χ4v) is 1.55. The van der Waals surface area contributed by atoms with E-state index in [4.69, 9.17) is 0 Å². The van der Waals surface area contributed by atoms with Crippen molar-refractivity contribution < 1.29 is 0 Å². The van der Waals surface area contributed by atoms with Crippen LogP contribution >= 0.6 is 0 Å². The van der Waals surface area contributed by atoms with Gasteiger partial charge in [0.2, 0.25) is 0 Å². The largest absolute Gasteiger partial charge is 0.0842 e. The standard InChI is InChI=1S/C14H20/c1-4-5-7-13-8-6-9-14(11-13)10-12(2)3/h5-9,11-12H,4,10H2,1-3H3. The second-order valence-corrected chi connectivity index (χ2v) is 4.15. The van der Waals surface area contributed by atoms with Crippen LogP contribution in [0.3, 0.4) is 0 Å². The highest BCUT2D eigenvalue weighted by Gasteiger charge is 1.97. The molecule has 0 bridgehead atoms. The second-order valence-electron chi connectivity index (χ2n) is 4.15. The zero-order valence-electron chi connectivity index (χ0n) is 9.46. The molecule has 0 unspecified atom stereocenters. The maximum atomic E-state index is 2.28. The minimum absolute atomic E-state index is 0.736. The first-order valence-electron chi connectivity index (χ1n) is 5.48. The molecule has 76 valence electrons. The maximum absolute atomic E-state index is 2.28. The van der Waals surface area contributed by atoms with E-state index >= 15 is 0 Å². The van der Waals surface area contributed by atoms with Crippen LogP contribution in [0.4, 0.5) is 0 Å². The van der Waals surface area contributed by atoms with Gasteiger partial charge < -0.3 is 0 Å². The molecule has 0 saturated carbocycles. The van der Waals surface area contributed by atoms with Gasteiger partial charge in [-0.15, -0.1) is 0 Å². The Morgan fingerprint density at radius 2 is 2.07 bits per heavy atom. The first-order chi connectivity index (χ1) is 6.72. The third-order valence-corrected chi connectivity index (χ3v) is 2.14. The Morgan fingerprint density at radius 3 is 2.71 bits per heavy atom. The third-order valence-electron chi connectivity index (χ3n) is 2.14.